The van der Waals surface area contributed by atoms with Crippen LogP contribution in [0.5, 0.6) is 5.75 Å². The highest BCUT2D eigenvalue weighted by Crippen LogP contribution is 2.27. The number of piperidine rings is 1. The Bertz CT molecular complexity index is 961. The number of methoxy groups -OCH3 is 1. The normalized spacial score (nSPS) is 17.9. The van der Waals surface area contributed by atoms with E-state index in [0.29, 0.717) is 35.8 Å². The van der Waals surface area contributed by atoms with E-state index in [0.717, 1.165) is 5.56 Å². The molecule has 1 heterocycles. The molecule has 0 bridgehead atoms. The van der Waals surface area contributed by atoms with E-state index in [9.17, 15) is 13.2 Å². The van der Waals surface area contributed by atoms with Gasteiger partial charge in [-0.25, -0.2) is 8.42 Å². The van der Waals surface area contributed by atoms with Crippen LogP contribution < -0.4 is 10.1 Å². The van der Waals surface area contributed by atoms with Gasteiger partial charge < -0.3 is 10.1 Å². The number of ether oxygens (including phenoxy) is 1. The lowest BCUT2D eigenvalue weighted by molar-refractivity contribution is -0.120. The number of carbonyl (C=O) groups is 1. The Hall–Kier alpha value is -2.09. The second kappa shape index (κ2) is 8.51. The lowest BCUT2D eigenvalue weighted by Crippen LogP contribution is -2.43. The Balaban J connectivity index is 1.71. The van der Waals surface area contributed by atoms with Crippen LogP contribution in [0.2, 0.25) is 5.02 Å². The molecule has 1 N–H and O–H groups in total. The number of halogens is 1. The predicted octanol–water partition coefficient (Wildman–Crippen LogP) is 3.70. The topological polar surface area (TPSA) is 75.7 Å². The summed E-state index contributed by atoms with van der Waals surface area (Å²) in [4.78, 5) is 12.8. The largest absolute Gasteiger partial charge is 0.497 e. The van der Waals surface area contributed by atoms with Gasteiger partial charge in [-0.3, -0.25) is 4.79 Å². The molecule has 150 valence electrons. The average molecular weight is 423 g/mol. The molecule has 2 aromatic rings. The molecule has 6 nitrogen and oxygen atoms in total. The second-order valence-electron chi connectivity index (χ2n) is 6.83. The van der Waals surface area contributed by atoms with Crippen LogP contribution in [0, 0.1) is 12.8 Å². The number of sulfonamides is 1. The molecule has 28 heavy (non-hydrogen) atoms. The molecule has 1 aliphatic rings. The van der Waals surface area contributed by atoms with Crippen LogP contribution in [0.25, 0.3) is 0 Å². The van der Waals surface area contributed by atoms with Crippen LogP contribution in [-0.4, -0.2) is 38.8 Å². The zero-order valence-corrected chi connectivity index (χ0v) is 17.4. The highest BCUT2D eigenvalue weighted by atomic mass is 35.5. The number of rotatable bonds is 5. The van der Waals surface area contributed by atoms with Gasteiger partial charge in [0.05, 0.1) is 17.9 Å². The third-order valence-corrected chi connectivity index (χ3v) is 7.16. The standard InChI is InChI=1S/C20H23ClN2O4S/c1-14-5-10-18(12-19(14)21)28(25,26)23-11-3-4-15(13-23)20(24)22-16-6-8-17(27-2)9-7-16/h5-10,12,15H,3-4,11,13H2,1-2H3,(H,22,24)/t15-/m0/s1. The second-order valence-corrected chi connectivity index (χ2v) is 9.18. The minimum absolute atomic E-state index is 0.149. The predicted molar refractivity (Wildman–Crippen MR) is 109 cm³/mol. The van der Waals surface area contributed by atoms with Crippen molar-refractivity contribution in [3.63, 3.8) is 0 Å². The zero-order chi connectivity index (χ0) is 20.3. The number of nitrogens with one attached hydrogen (secondary N) is 1. The van der Waals surface area contributed by atoms with Crippen molar-refractivity contribution in [1.29, 1.82) is 0 Å². The molecule has 0 aromatic heterocycles. The van der Waals surface area contributed by atoms with Gasteiger partial charge >= 0.3 is 0 Å². The number of hydrogen-bond donors (Lipinski definition) is 1. The average Bonchev–Trinajstić information content (AvgIpc) is 2.70. The molecule has 8 heteroatoms. The first-order valence-corrected chi connectivity index (χ1v) is 10.8. The van der Waals surface area contributed by atoms with Crippen molar-refractivity contribution >= 4 is 33.2 Å². The van der Waals surface area contributed by atoms with Crippen molar-refractivity contribution in [2.75, 3.05) is 25.5 Å². The van der Waals surface area contributed by atoms with E-state index < -0.39 is 15.9 Å². The van der Waals surface area contributed by atoms with Crippen molar-refractivity contribution in [2.24, 2.45) is 5.92 Å². The summed E-state index contributed by atoms with van der Waals surface area (Å²) < 4.78 is 32.4. The van der Waals surface area contributed by atoms with Gasteiger partial charge in [-0.05, 0) is 61.7 Å². The number of amides is 1. The SMILES string of the molecule is COc1ccc(NC(=O)[C@H]2CCCN(S(=O)(=O)c3ccc(C)c(Cl)c3)C2)cc1. The van der Waals surface area contributed by atoms with Crippen LogP contribution in [0.15, 0.2) is 47.4 Å². The van der Waals surface area contributed by atoms with E-state index in [1.807, 2.05) is 6.92 Å². The summed E-state index contributed by atoms with van der Waals surface area (Å²) in [6.45, 7) is 2.36. The third-order valence-electron chi connectivity index (χ3n) is 4.89. The van der Waals surface area contributed by atoms with E-state index >= 15 is 0 Å². The summed E-state index contributed by atoms with van der Waals surface area (Å²) in [6, 6.07) is 11.7. The summed E-state index contributed by atoms with van der Waals surface area (Å²) in [5.74, 6) is 0.100. The van der Waals surface area contributed by atoms with Crippen LogP contribution in [-0.2, 0) is 14.8 Å². The van der Waals surface area contributed by atoms with Crippen molar-refractivity contribution in [3.05, 3.63) is 53.1 Å². The molecule has 3 rings (SSSR count). The molecule has 0 spiro atoms. The first kappa shape index (κ1) is 20.6. The first-order chi connectivity index (χ1) is 13.3. The number of nitrogens with zero attached hydrogens (tertiary/aromatic N) is 1. The minimum atomic E-state index is -3.70. The van der Waals surface area contributed by atoms with E-state index in [1.165, 1.54) is 10.4 Å². The van der Waals surface area contributed by atoms with E-state index in [1.54, 1.807) is 43.5 Å². The summed E-state index contributed by atoms with van der Waals surface area (Å²) >= 11 is 6.09. The Morgan fingerprint density at radius 3 is 2.57 bits per heavy atom. The summed E-state index contributed by atoms with van der Waals surface area (Å²) in [5, 5.41) is 3.26. The van der Waals surface area contributed by atoms with E-state index in [-0.39, 0.29) is 17.3 Å². The van der Waals surface area contributed by atoms with Gasteiger partial charge in [0.15, 0.2) is 0 Å². The Morgan fingerprint density at radius 2 is 1.93 bits per heavy atom. The van der Waals surface area contributed by atoms with Gasteiger partial charge in [0.25, 0.3) is 0 Å². The lowest BCUT2D eigenvalue weighted by Gasteiger charge is -2.31. The zero-order valence-electron chi connectivity index (χ0n) is 15.8. The summed E-state index contributed by atoms with van der Waals surface area (Å²) in [6.07, 6.45) is 1.27. The highest BCUT2D eigenvalue weighted by molar-refractivity contribution is 7.89. The maximum Gasteiger partial charge on any atom is 0.243 e. The van der Waals surface area contributed by atoms with Gasteiger partial charge in [-0.2, -0.15) is 4.31 Å². The van der Waals surface area contributed by atoms with Crippen molar-refractivity contribution < 1.29 is 17.9 Å². The molecular weight excluding hydrogens is 400 g/mol. The fourth-order valence-corrected chi connectivity index (χ4v) is 4.97. The highest BCUT2D eigenvalue weighted by Gasteiger charge is 2.33. The molecule has 1 atom stereocenters. The van der Waals surface area contributed by atoms with Gasteiger partial charge in [0, 0.05) is 23.8 Å². The maximum atomic E-state index is 13.0. The molecular formula is C20H23ClN2O4S. The Morgan fingerprint density at radius 1 is 1.21 bits per heavy atom. The van der Waals surface area contributed by atoms with Gasteiger partial charge in [0.2, 0.25) is 15.9 Å². The van der Waals surface area contributed by atoms with Crippen LogP contribution in [0.4, 0.5) is 5.69 Å². The van der Waals surface area contributed by atoms with E-state index in [2.05, 4.69) is 5.32 Å². The molecule has 1 aliphatic heterocycles. The van der Waals surface area contributed by atoms with Gasteiger partial charge in [-0.1, -0.05) is 17.7 Å². The van der Waals surface area contributed by atoms with E-state index in [4.69, 9.17) is 16.3 Å². The fraction of sp³-hybridized carbons (Fsp3) is 0.350. The molecule has 0 radical (unpaired) electrons. The molecule has 1 amide bonds. The van der Waals surface area contributed by atoms with Crippen LogP contribution in [0.1, 0.15) is 18.4 Å². The summed E-state index contributed by atoms with van der Waals surface area (Å²) in [5.41, 5.74) is 1.46. The number of carbonyl (C=O) groups excluding carboxylic acids is 1. The smallest absolute Gasteiger partial charge is 0.243 e. The summed E-state index contributed by atoms with van der Waals surface area (Å²) in [7, 11) is -2.12. The fourth-order valence-electron chi connectivity index (χ4n) is 3.18. The third kappa shape index (κ3) is 4.48. The van der Waals surface area contributed by atoms with Crippen molar-refractivity contribution in [2.45, 2.75) is 24.7 Å². The monoisotopic (exact) mass is 422 g/mol. The number of benzene rings is 2. The minimum Gasteiger partial charge on any atom is -0.497 e. The van der Waals surface area contributed by atoms with Gasteiger partial charge in [0.1, 0.15) is 5.75 Å². The maximum absolute atomic E-state index is 13.0. The molecule has 0 unspecified atom stereocenters. The number of aryl methyl sites for hydroxylation is 1. The quantitative estimate of drug-likeness (QED) is 0.797. The number of hydrogen-bond acceptors (Lipinski definition) is 4. The van der Waals surface area contributed by atoms with Gasteiger partial charge in [-0.15, -0.1) is 0 Å². The lowest BCUT2D eigenvalue weighted by atomic mass is 9.99. The van der Waals surface area contributed by atoms with Crippen LogP contribution >= 0.6 is 11.6 Å². The number of anilines is 1. The van der Waals surface area contributed by atoms with Crippen molar-refractivity contribution in [3.8, 4) is 5.75 Å². The Labute approximate surface area is 170 Å². The molecule has 0 saturated carbocycles. The Kier molecular flexibility index (Phi) is 6.27. The van der Waals surface area contributed by atoms with Crippen molar-refractivity contribution in [1.82, 2.24) is 4.31 Å². The van der Waals surface area contributed by atoms with Crippen LogP contribution in [0.3, 0.4) is 0 Å². The molecule has 2 aromatic carbocycles. The first-order valence-electron chi connectivity index (χ1n) is 9.02. The molecule has 0 aliphatic carbocycles. The molecule has 1 fully saturated rings. The molecule has 1 saturated heterocycles.